The summed E-state index contributed by atoms with van der Waals surface area (Å²) >= 11 is 0. The molecule has 12 atom stereocenters. The lowest BCUT2D eigenvalue weighted by Crippen LogP contribution is -2.63. The van der Waals surface area contributed by atoms with Crippen LogP contribution in [0.25, 0.3) is 0 Å². The monoisotopic (exact) mass is 1210 g/mol. The smallest absolute Gasteiger partial charge is 0.326 e. The van der Waals surface area contributed by atoms with Crippen LogP contribution in [0.3, 0.4) is 0 Å². The molecule has 0 rings (SSSR count). The van der Waals surface area contributed by atoms with Crippen LogP contribution in [0.4, 0.5) is 0 Å². The molecule has 12 unspecified atom stereocenters. The quantitative estimate of drug-likeness (QED) is 0.0429. The number of aliphatic carboxylic acids is 1. The normalized spacial score (nSPS) is 16.2. The lowest BCUT2D eigenvalue weighted by molar-refractivity contribution is -0.144. The number of amides is 11. The molecule has 0 aliphatic rings. The van der Waals surface area contributed by atoms with Crippen LogP contribution in [0.5, 0.6) is 0 Å². The number of nitrogens with two attached hydrogens (primary N) is 1. The summed E-state index contributed by atoms with van der Waals surface area (Å²) in [5.74, 6) is -14.6. The molecule has 0 saturated heterocycles. The van der Waals surface area contributed by atoms with E-state index in [0.29, 0.717) is 0 Å². The Kier molecular flexibility index (Phi) is 33.2. The Morgan fingerprint density at radius 1 is 0.200 bits per heavy atom. The van der Waals surface area contributed by atoms with Gasteiger partial charge in [-0.1, -0.05) is 166 Å². The average molecular weight is 1210 g/mol. The lowest BCUT2D eigenvalue weighted by atomic mass is 9.95. The topological polar surface area (TPSA) is 383 Å². The first-order valence-electron chi connectivity index (χ1n) is 30.3. The molecule has 14 N–H and O–H groups in total. The average Bonchev–Trinajstić information content (AvgIpc) is 3.59. The Morgan fingerprint density at radius 3 is 0.400 bits per heavy atom. The van der Waals surface area contributed by atoms with Crippen molar-refractivity contribution in [3.05, 3.63) is 0 Å². The largest absolute Gasteiger partial charge is 0.480 e. The first kappa shape index (κ1) is 78.6. The van der Waals surface area contributed by atoms with Crippen molar-refractivity contribution < 1.29 is 62.6 Å². The number of carbonyl (C=O) groups is 12. The minimum atomic E-state index is -1.25. The molecular formula is C60H110N12O13. The zero-order valence-corrected chi connectivity index (χ0v) is 55.3. The van der Waals surface area contributed by atoms with Crippen LogP contribution >= 0.6 is 0 Å². The van der Waals surface area contributed by atoms with Gasteiger partial charge in [0.05, 0.1) is 6.04 Å². The van der Waals surface area contributed by atoms with Crippen LogP contribution in [0.1, 0.15) is 166 Å². The van der Waals surface area contributed by atoms with Gasteiger partial charge in [0.15, 0.2) is 0 Å². The molecule has 0 saturated carbocycles. The maximum Gasteiger partial charge on any atom is 0.326 e. The molecule has 0 aliphatic heterocycles. The second-order valence-corrected chi connectivity index (χ2v) is 26.6. The first-order chi connectivity index (χ1) is 38.9. The van der Waals surface area contributed by atoms with E-state index in [1.165, 1.54) is 0 Å². The standard InChI is InChI=1S/C60H110N12O13/c1-25(2)37(61)49(73)62-38(26(3)4)50(74)63-39(27(5)6)51(75)64-40(28(7)8)52(76)65-41(29(9)10)53(77)66-42(30(11)12)54(78)67-43(31(13)14)55(79)68-44(32(15)16)56(80)69-45(33(17)18)57(81)70-46(34(19)20)58(82)71-47(35(21)22)59(83)72-48(36(23)24)60(84)85/h25-48H,61H2,1-24H3,(H,62,73)(H,63,74)(H,64,75)(H,65,76)(H,66,77)(H,67,78)(H,68,79)(H,69,80)(H,70,81)(H,71,82)(H,72,83)(H,84,85). The van der Waals surface area contributed by atoms with Gasteiger partial charge in [-0.25, -0.2) is 4.79 Å². The molecule has 0 aromatic heterocycles. The summed E-state index contributed by atoms with van der Waals surface area (Å²) in [6, 6.07) is -14.0. The second-order valence-electron chi connectivity index (χ2n) is 26.6. The Labute approximate surface area is 505 Å². The van der Waals surface area contributed by atoms with Crippen molar-refractivity contribution in [3.8, 4) is 0 Å². The van der Waals surface area contributed by atoms with E-state index < -0.39 is 203 Å². The van der Waals surface area contributed by atoms with Crippen LogP contribution in [0.2, 0.25) is 0 Å². The van der Waals surface area contributed by atoms with E-state index in [1.54, 1.807) is 166 Å². The van der Waals surface area contributed by atoms with Crippen molar-refractivity contribution in [2.45, 2.75) is 239 Å². The summed E-state index contributed by atoms with van der Waals surface area (Å²) in [7, 11) is 0. The molecule has 25 heteroatoms. The second kappa shape index (κ2) is 35.9. The van der Waals surface area contributed by atoms with E-state index in [4.69, 9.17) is 5.73 Å². The van der Waals surface area contributed by atoms with Crippen molar-refractivity contribution in [2.75, 3.05) is 0 Å². The highest BCUT2D eigenvalue weighted by molar-refractivity contribution is 5.99. The van der Waals surface area contributed by atoms with Gasteiger partial charge < -0.3 is 69.3 Å². The van der Waals surface area contributed by atoms with Gasteiger partial charge >= 0.3 is 5.97 Å². The molecule has 0 fully saturated rings. The summed E-state index contributed by atoms with van der Waals surface area (Å²) < 4.78 is 0. The summed E-state index contributed by atoms with van der Waals surface area (Å²) in [6.45, 7) is 40.5. The SMILES string of the molecule is CC(C)C(N)C(=O)NC(C(=O)NC(C(=O)NC(C(=O)NC(C(=O)NC(C(=O)NC(C(=O)NC(C(=O)NC(C(=O)NC(C(=O)NC(C(=O)NC(C(=O)O)C(C)C)C(C)C)C(C)C)C(C)C)C(C)C)C(C)C)C(C)C)C(C)C)C(C)C)C(C)C)C(C)C. The van der Waals surface area contributed by atoms with Gasteiger partial charge in [-0.2, -0.15) is 0 Å². The number of rotatable bonds is 35. The molecular weight excluding hydrogens is 1100 g/mol. The molecule has 25 nitrogen and oxygen atoms in total. The molecule has 11 amide bonds. The van der Waals surface area contributed by atoms with E-state index in [1.807, 2.05) is 0 Å². The molecule has 0 aromatic rings. The predicted octanol–water partition coefficient (Wildman–Crippen LogP) is 1.60. The highest BCUT2D eigenvalue weighted by Crippen LogP contribution is 2.16. The molecule has 0 radical (unpaired) electrons. The van der Waals surface area contributed by atoms with Crippen LogP contribution in [-0.2, 0) is 57.5 Å². The summed E-state index contributed by atoms with van der Waals surface area (Å²) in [6.07, 6.45) is 0. The van der Waals surface area contributed by atoms with E-state index in [9.17, 15) is 62.6 Å². The number of nitrogens with one attached hydrogen (secondary N) is 11. The molecule has 0 aromatic carbocycles. The van der Waals surface area contributed by atoms with E-state index in [0.717, 1.165) is 0 Å². The third-order valence-corrected chi connectivity index (χ3v) is 14.7. The van der Waals surface area contributed by atoms with Crippen molar-refractivity contribution in [1.29, 1.82) is 0 Å². The van der Waals surface area contributed by atoms with Gasteiger partial charge in [-0.3, -0.25) is 52.7 Å². The zero-order valence-electron chi connectivity index (χ0n) is 55.3. The van der Waals surface area contributed by atoms with Gasteiger partial charge in [-0.05, 0) is 71.0 Å². The molecule has 85 heavy (non-hydrogen) atoms. The Morgan fingerprint density at radius 2 is 0.306 bits per heavy atom. The molecule has 0 aliphatic carbocycles. The van der Waals surface area contributed by atoms with E-state index in [2.05, 4.69) is 58.5 Å². The molecule has 0 heterocycles. The van der Waals surface area contributed by atoms with E-state index in [-0.39, 0.29) is 11.8 Å². The first-order valence-corrected chi connectivity index (χ1v) is 30.3. The van der Waals surface area contributed by atoms with Gasteiger partial charge in [0.2, 0.25) is 65.0 Å². The number of carboxylic acid groups (broad SMARTS) is 1. The van der Waals surface area contributed by atoms with Gasteiger partial charge in [0, 0.05) is 0 Å². The molecule has 0 bridgehead atoms. The predicted molar refractivity (Wildman–Crippen MR) is 325 cm³/mol. The fourth-order valence-corrected chi connectivity index (χ4v) is 8.85. The Bertz CT molecular complexity index is 2280. The number of hydrogen-bond acceptors (Lipinski definition) is 13. The molecule has 0 spiro atoms. The van der Waals surface area contributed by atoms with Crippen LogP contribution < -0.4 is 64.2 Å². The molecule has 488 valence electrons. The summed E-state index contributed by atoms with van der Waals surface area (Å²) in [4.78, 5) is 164. The number of carboxylic acids is 1. The van der Waals surface area contributed by atoms with Crippen LogP contribution in [0.15, 0.2) is 0 Å². The van der Waals surface area contributed by atoms with Crippen molar-refractivity contribution in [3.63, 3.8) is 0 Å². The van der Waals surface area contributed by atoms with Gasteiger partial charge in [0.1, 0.15) is 66.5 Å². The highest BCUT2D eigenvalue weighted by Gasteiger charge is 2.40. The zero-order chi connectivity index (χ0) is 66.6. The number of carbonyl (C=O) groups excluding carboxylic acids is 11. The minimum absolute atomic E-state index is 0.197. The number of hydrogen-bond donors (Lipinski definition) is 13. The highest BCUT2D eigenvalue weighted by atomic mass is 16.4. The maximum atomic E-state index is 14.2. The Hall–Kier alpha value is -6.40. The maximum absolute atomic E-state index is 14.2. The van der Waals surface area contributed by atoms with E-state index >= 15 is 0 Å². The fourth-order valence-electron chi connectivity index (χ4n) is 8.85. The lowest BCUT2D eigenvalue weighted by Gasteiger charge is -2.32. The van der Waals surface area contributed by atoms with Crippen molar-refractivity contribution >= 4 is 70.9 Å². The minimum Gasteiger partial charge on any atom is -0.480 e. The third kappa shape index (κ3) is 24.8. The van der Waals surface area contributed by atoms with Crippen molar-refractivity contribution in [2.24, 2.45) is 76.7 Å². The van der Waals surface area contributed by atoms with Crippen LogP contribution in [-0.4, -0.2) is 149 Å². The van der Waals surface area contributed by atoms with Gasteiger partial charge in [0.25, 0.3) is 0 Å². The Balaban J connectivity index is 6.47. The van der Waals surface area contributed by atoms with Crippen LogP contribution in [0, 0.1) is 71.0 Å². The third-order valence-electron chi connectivity index (χ3n) is 14.7. The summed E-state index contributed by atoms with van der Waals surface area (Å²) in [5, 5.41) is 39.4. The van der Waals surface area contributed by atoms with Gasteiger partial charge in [-0.15, -0.1) is 0 Å². The summed E-state index contributed by atoms with van der Waals surface area (Å²) in [5.41, 5.74) is 6.03. The van der Waals surface area contributed by atoms with Crippen molar-refractivity contribution in [1.82, 2.24) is 58.5 Å². The fraction of sp³-hybridized carbons (Fsp3) is 0.800.